The molecule has 1 unspecified atom stereocenters. The summed E-state index contributed by atoms with van der Waals surface area (Å²) in [7, 11) is 0. The summed E-state index contributed by atoms with van der Waals surface area (Å²) < 4.78 is 1.29. The smallest absolute Gasteiger partial charge is 0.224 e. The molecule has 17 heavy (non-hydrogen) atoms. The van der Waals surface area contributed by atoms with Crippen LogP contribution in [0.15, 0.2) is 29.6 Å². The zero-order valence-corrected chi connectivity index (χ0v) is 11.0. The number of likely N-dealkylation sites (tertiary alicyclic amines) is 1. The molecule has 1 aromatic heterocycles. The average Bonchev–Trinajstić information content (AvgIpc) is 2.85. The van der Waals surface area contributed by atoms with Crippen LogP contribution in [0.25, 0.3) is 10.1 Å². The Kier molecular flexibility index (Phi) is 2.84. The van der Waals surface area contributed by atoms with Gasteiger partial charge in [-0.3, -0.25) is 4.79 Å². The number of benzene rings is 1. The van der Waals surface area contributed by atoms with E-state index in [0.29, 0.717) is 6.42 Å². The summed E-state index contributed by atoms with van der Waals surface area (Å²) in [5.74, 6) is 0.222. The number of carbonyl (C=O) groups excluding carboxylic acids is 1. The van der Waals surface area contributed by atoms with E-state index >= 15 is 0 Å². The Labute approximate surface area is 110 Å². The number of hydrogen-bond acceptors (Lipinski definition) is 3. The van der Waals surface area contributed by atoms with Gasteiger partial charge in [-0.1, -0.05) is 18.2 Å². The third kappa shape index (κ3) is 2.07. The number of amides is 1. The molecule has 2 heterocycles. The van der Waals surface area contributed by atoms with Crippen molar-refractivity contribution in [2.45, 2.75) is 18.2 Å². The molecule has 1 aromatic carbocycles. The Balaban J connectivity index is 1.88. The van der Waals surface area contributed by atoms with Gasteiger partial charge in [-0.15, -0.1) is 11.3 Å². The van der Waals surface area contributed by atoms with Crippen LogP contribution >= 0.6 is 24.0 Å². The third-order valence-electron chi connectivity index (χ3n) is 3.12. The van der Waals surface area contributed by atoms with Gasteiger partial charge in [0.2, 0.25) is 5.91 Å². The fraction of sp³-hybridized carbons (Fsp3) is 0.308. The van der Waals surface area contributed by atoms with Crippen molar-refractivity contribution < 1.29 is 4.79 Å². The zero-order chi connectivity index (χ0) is 11.8. The number of thiol groups is 1. The highest BCUT2D eigenvalue weighted by Gasteiger charge is 2.27. The largest absolute Gasteiger partial charge is 0.337 e. The summed E-state index contributed by atoms with van der Waals surface area (Å²) in [6.07, 6.45) is 0.575. The Morgan fingerprint density at radius 1 is 1.41 bits per heavy atom. The molecule has 1 fully saturated rings. The van der Waals surface area contributed by atoms with Crippen LogP contribution in [0.2, 0.25) is 0 Å². The van der Waals surface area contributed by atoms with Crippen molar-refractivity contribution in [2.75, 3.05) is 6.54 Å². The minimum absolute atomic E-state index is 0.201. The zero-order valence-electron chi connectivity index (χ0n) is 9.30. The van der Waals surface area contributed by atoms with Crippen LogP contribution in [-0.4, -0.2) is 22.6 Å². The van der Waals surface area contributed by atoms with Gasteiger partial charge < -0.3 is 4.90 Å². The van der Waals surface area contributed by atoms with Gasteiger partial charge in [-0.05, 0) is 22.4 Å². The number of nitrogens with zero attached hydrogens (tertiary/aromatic N) is 1. The molecule has 0 spiro atoms. The second-order valence-corrected chi connectivity index (χ2v) is 6.03. The molecule has 3 rings (SSSR count). The van der Waals surface area contributed by atoms with Crippen molar-refractivity contribution in [3.05, 3.63) is 35.2 Å². The van der Waals surface area contributed by atoms with E-state index in [1.165, 1.54) is 15.6 Å². The molecule has 2 aromatic rings. The van der Waals surface area contributed by atoms with Crippen LogP contribution in [0, 0.1) is 0 Å². The van der Waals surface area contributed by atoms with Crippen molar-refractivity contribution >= 4 is 40.0 Å². The monoisotopic (exact) mass is 263 g/mol. The first-order valence-electron chi connectivity index (χ1n) is 5.65. The van der Waals surface area contributed by atoms with Crippen molar-refractivity contribution in [1.29, 1.82) is 0 Å². The fourth-order valence-corrected chi connectivity index (χ4v) is 3.57. The quantitative estimate of drug-likeness (QED) is 0.826. The number of carbonyl (C=O) groups is 1. The van der Waals surface area contributed by atoms with Gasteiger partial charge in [0, 0.05) is 29.5 Å². The molecule has 4 heteroatoms. The van der Waals surface area contributed by atoms with Crippen LogP contribution in [0.1, 0.15) is 12.0 Å². The maximum absolute atomic E-state index is 11.7. The number of thiophene rings is 1. The lowest BCUT2D eigenvalue weighted by Gasteiger charge is -2.15. The van der Waals surface area contributed by atoms with Gasteiger partial charge >= 0.3 is 0 Å². The highest BCUT2D eigenvalue weighted by atomic mass is 32.1. The van der Waals surface area contributed by atoms with Crippen LogP contribution in [-0.2, 0) is 11.3 Å². The average molecular weight is 263 g/mol. The van der Waals surface area contributed by atoms with E-state index in [1.54, 1.807) is 11.3 Å². The van der Waals surface area contributed by atoms with Crippen molar-refractivity contribution in [2.24, 2.45) is 0 Å². The normalized spacial score (nSPS) is 20.4. The van der Waals surface area contributed by atoms with Crippen molar-refractivity contribution in [3.8, 4) is 0 Å². The topological polar surface area (TPSA) is 20.3 Å². The van der Waals surface area contributed by atoms with Crippen LogP contribution in [0.3, 0.4) is 0 Å². The lowest BCUT2D eigenvalue weighted by Crippen LogP contribution is -2.24. The van der Waals surface area contributed by atoms with Gasteiger partial charge in [-0.25, -0.2) is 0 Å². The lowest BCUT2D eigenvalue weighted by molar-refractivity contribution is -0.128. The summed E-state index contributed by atoms with van der Waals surface area (Å²) in [4.78, 5) is 13.6. The highest BCUT2D eigenvalue weighted by molar-refractivity contribution is 7.81. The second-order valence-electron chi connectivity index (χ2n) is 4.39. The molecule has 1 aliphatic heterocycles. The molecular weight excluding hydrogens is 250 g/mol. The van der Waals surface area contributed by atoms with Gasteiger partial charge in [0.05, 0.1) is 0 Å². The lowest BCUT2D eigenvalue weighted by atomic mass is 10.2. The molecule has 1 saturated heterocycles. The Hall–Kier alpha value is -1.00. The van der Waals surface area contributed by atoms with Crippen LogP contribution in [0.4, 0.5) is 0 Å². The molecule has 0 radical (unpaired) electrons. The number of fused-ring (bicyclic) bond motifs is 1. The Morgan fingerprint density at radius 3 is 3.00 bits per heavy atom. The van der Waals surface area contributed by atoms with E-state index in [9.17, 15) is 4.79 Å². The maximum Gasteiger partial charge on any atom is 0.224 e. The van der Waals surface area contributed by atoms with E-state index in [4.69, 9.17) is 0 Å². The van der Waals surface area contributed by atoms with E-state index in [2.05, 4.69) is 30.1 Å². The molecule has 0 bridgehead atoms. The maximum atomic E-state index is 11.7. The fourth-order valence-electron chi connectivity index (χ4n) is 2.27. The third-order valence-corrected chi connectivity index (χ3v) is 4.47. The summed E-state index contributed by atoms with van der Waals surface area (Å²) in [5, 5.41) is 3.63. The Morgan fingerprint density at radius 2 is 2.24 bits per heavy atom. The van der Waals surface area contributed by atoms with E-state index in [1.807, 2.05) is 17.0 Å². The molecule has 88 valence electrons. The molecule has 0 N–H and O–H groups in total. The van der Waals surface area contributed by atoms with Crippen molar-refractivity contribution in [1.82, 2.24) is 4.90 Å². The van der Waals surface area contributed by atoms with Gasteiger partial charge in [0.1, 0.15) is 0 Å². The van der Waals surface area contributed by atoms with E-state index in [0.717, 1.165) is 13.1 Å². The standard InChI is InChI=1S/C13H13NOS2/c15-13-5-10(16)7-14(13)6-9-8-17-12-4-2-1-3-11(9)12/h1-4,8,10,16H,5-7H2. The minimum Gasteiger partial charge on any atom is -0.337 e. The summed E-state index contributed by atoms with van der Waals surface area (Å²) >= 11 is 6.12. The molecule has 0 saturated carbocycles. The van der Waals surface area contributed by atoms with Gasteiger partial charge in [0.25, 0.3) is 0 Å². The van der Waals surface area contributed by atoms with Gasteiger partial charge in [0.15, 0.2) is 0 Å². The van der Waals surface area contributed by atoms with Crippen molar-refractivity contribution in [3.63, 3.8) is 0 Å². The summed E-state index contributed by atoms with van der Waals surface area (Å²) in [5.41, 5.74) is 1.25. The minimum atomic E-state index is 0.201. The number of hydrogen-bond donors (Lipinski definition) is 1. The molecule has 0 aliphatic carbocycles. The molecule has 2 nitrogen and oxygen atoms in total. The van der Waals surface area contributed by atoms with E-state index in [-0.39, 0.29) is 11.2 Å². The van der Waals surface area contributed by atoms with Crippen LogP contribution < -0.4 is 0 Å². The SMILES string of the molecule is O=C1CC(S)CN1Cc1csc2ccccc12. The Bertz CT molecular complexity index is 563. The van der Waals surface area contributed by atoms with Gasteiger partial charge in [-0.2, -0.15) is 12.6 Å². The summed E-state index contributed by atoms with van der Waals surface area (Å²) in [6.45, 7) is 1.49. The predicted molar refractivity (Wildman–Crippen MR) is 74.6 cm³/mol. The molecule has 1 amide bonds. The predicted octanol–water partition coefficient (Wildman–Crippen LogP) is 2.93. The molecular formula is C13H13NOS2. The molecule has 1 atom stereocenters. The molecule has 1 aliphatic rings. The van der Waals surface area contributed by atoms with Crippen LogP contribution in [0.5, 0.6) is 0 Å². The first-order chi connectivity index (χ1) is 8.24. The first-order valence-corrected chi connectivity index (χ1v) is 7.04. The second kappa shape index (κ2) is 4.35. The summed E-state index contributed by atoms with van der Waals surface area (Å²) in [6, 6.07) is 8.34. The first kappa shape index (κ1) is 11.1. The number of rotatable bonds is 2. The van der Waals surface area contributed by atoms with E-state index < -0.39 is 0 Å². The highest BCUT2D eigenvalue weighted by Crippen LogP contribution is 2.28.